The summed E-state index contributed by atoms with van der Waals surface area (Å²) >= 11 is 0. The van der Waals surface area contributed by atoms with E-state index in [9.17, 15) is 9.59 Å². The number of aryl methyl sites for hydroxylation is 2. The molecule has 4 aromatic rings. The van der Waals surface area contributed by atoms with Crippen molar-refractivity contribution in [2.75, 3.05) is 24.5 Å². The van der Waals surface area contributed by atoms with E-state index in [2.05, 4.69) is 20.2 Å². The number of amides is 2. The van der Waals surface area contributed by atoms with Crippen LogP contribution in [0, 0.1) is 12.8 Å². The molecule has 2 aliphatic rings. The Morgan fingerprint density at radius 2 is 1.92 bits per heavy atom. The number of anilines is 1. The molecule has 3 aromatic heterocycles. The first kappa shape index (κ1) is 22.4. The minimum Gasteiger partial charge on any atom is -0.342 e. The standard InChI is InChI=1S/C26H27N7O3/c1-16-23-21(31(2)29-16)12-18(14-27-23)24-28-25(36-30-24)17-8-10-32(11-9-17)26(35)19-13-22(34)33(15-19)20-6-4-3-5-7-20/h3-7,12,14,17,19H,8-11,13,15H2,1-2H3. The van der Waals surface area contributed by atoms with Crippen LogP contribution in [0.5, 0.6) is 0 Å². The molecule has 2 aliphatic heterocycles. The lowest BCUT2D eigenvalue weighted by Crippen LogP contribution is -2.42. The number of likely N-dealkylation sites (tertiary alicyclic amines) is 1. The average molecular weight is 486 g/mol. The predicted octanol–water partition coefficient (Wildman–Crippen LogP) is 3.09. The van der Waals surface area contributed by atoms with Crippen LogP contribution in [-0.4, -0.2) is 61.3 Å². The molecule has 0 bridgehead atoms. The van der Waals surface area contributed by atoms with Gasteiger partial charge in [-0.15, -0.1) is 0 Å². The lowest BCUT2D eigenvalue weighted by atomic mass is 9.95. The fourth-order valence-corrected chi connectivity index (χ4v) is 5.28. The number of aromatic nitrogens is 5. The maximum Gasteiger partial charge on any atom is 0.230 e. The van der Waals surface area contributed by atoms with Crippen LogP contribution in [0.25, 0.3) is 22.4 Å². The minimum atomic E-state index is -0.303. The number of pyridine rings is 1. The molecule has 6 rings (SSSR count). The third kappa shape index (κ3) is 3.92. The van der Waals surface area contributed by atoms with Gasteiger partial charge in [0.2, 0.25) is 23.5 Å². The van der Waals surface area contributed by atoms with E-state index >= 15 is 0 Å². The summed E-state index contributed by atoms with van der Waals surface area (Å²) in [5, 5.41) is 8.60. The lowest BCUT2D eigenvalue weighted by molar-refractivity contribution is -0.136. The van der Waals surface area contributed by atoms with Crippen molar-refractivity contribution < 1.29 is 14.1 Å². The molecule has 1 atom stereocenters. The van der Waals surface area contributed by atoms with E-state index in [4.69, 9.17) is 4.52 Å². The molecule has 0 radical (unpaired) electrons. The van der Waals surface area contributed by atoms with Crippen LogP contribution in [-0.2, 0) is 16.6 Å². The van der Waals surface area contributed by atoms with Crippen LogP contribution >= 0.6 is 0 Å². The zero-order valence-electron chi connectivity index (χ0n) is 20.3. The van der Waals surface area contributed by atoms with Crippen molar-refractivity contribution in [3.05, 3.63) is 54.2 Å². The lowest BCUT2D eigenvalue weighted by Gasteiger charge is -2.32. The molecule has 1 aromatic carbocycles. The van der Waals surface area contributed by atoms with Gasteiger partial charge >= 0.3 is 0 Å². The number of benzene rings is 1. The molecule has 2 amide bonds. The summed E-state index contributed by atoms with van der Waals surface area (Å²) in [6, 6.07) is 11.5. The molecule has 0 N–H and O–H groups in total. The fraction of sp³-hybridized carbons (Fsp3) is 0.385. The molecule has 2 fully saturated rings. The van der Waals surface area contributed by atoms with Crippen molar-refractivity contribution >= 4 is 28.5 Å². The van der Waals surface area contributed by atoms with Gasteiger partial charge in [-0.05, 0) is 38.0 Å². The zero-order valence-corrected chi connectivity index (χ0v) is 20.3. The zero-order chi connectivity index (χ0) is 24.8. The van der Waals surface area contributed by atoms with Crippen molar-refractivity contribution in [2.24, 2.45) is 13.0 Å². The second kappa shape index (κ2) is 8.85. The summed E-state index contributed by atoms with van der Waals surface area (Å²) in [7, 11) is 1.89. The third-order valence-corrected chi connectivity index (χ3v) is 7.26. The Bertz CT molecular complexity index is 1440. The molecule has 10 heteroatoms. The van der Waals surface area contributed by atoms with E-state index in [1.54, 1.807) is 15.8 Å². The van der Waals surface area contributed by atoms with Crippen molar-refractivity contribution in [3.8, 4) is 11.4 Å². The summed E-state index contributed by atoms with van der Waals surface area (Å²) in [5.41, 5.74) is 4.28. The average Bonchev–Trinajstić information content (AvgIpc) is 3.62. The highest BCUT2D eigenvalue weighted by molar-refractivity contribution is 6.00. The Labute approximate surface area is 207 Å². The molecule has 36 heavy (non-hydrogen) atoms. The topological polar surface area (TPSA) is 110 Å². The summed E-state index contributed by atoms with van der Waals surface area (Å²) in [6.45, 7) is 3.59. The molecule has 184 valence electrons. The number of hydrogen-bond donors (Lipinski definition) is 0. The van der Waals surface area contributed by atoms with Crippen molar-refractivity contribution in [3.63, 3.8) is 0 Å². The number of para-hydroxylation sites is 1. The van der Waals surface area contributed by atoms with Gasteiger partial charge in [-0.3, -0.25) is 19.3 Å². The fourth-order valence-electron chi connectivity index (χ4n) is 5.28. The molecule has 2 saturated heterocycles. The van der Waals surface area contributed by atoms with E-state index in [-0.39, 0.29) is 30.1 Å². The normalized spacial score (nSPS) is 18.9. The van der Waals surface area contributed by atoms with Crippen LogP contribution in [0.15, 0.2) is 47.1 Å². The van der Waals surface area contributed by atoms with Gasteiger partial charge in [-0.2, -0.15) is 10.1 Å². The van der Waals surface area contributed by atoms with Crippen molar-refractivity contribution in [2.45, 2.75) is 32.1 Å². The number of nitrogens with zero attached hydrogens (tertiary/aromatic N) is 7. The van der Waals surface area contributed by atoms with E-state index in [1.807, 2.05) is 55.3 Å². The molecule has 10 nitrogen and oxygen atoms in total. The molecular formula is C26H27N7O3. The quantitative estimate of drug-likeness (QED) is 0.437. The van der Waals surface area contributed by atoms with Gasteiger partial charge < -0.3 is 14.3 Å². The maximum atomic E-state index is 13.2. The van der Waals surface area contributed by atoms with E-state index in [0.717, 1.165) is 40.8 Å². The summed E-state index contributed by atoms with van der Waals surface area (Å²) < 4.78 is 7.41. The molecule has 0 saturated carbocycles. The molecule has 0 aliphatic carbocycles. The van der Waals surface area contributed by atoms with Gasteiger partial charge in [0.05, 0.1) is 17.1 Å². The van der Waals surface area contributed by atoms with Crippen molar-refractivity contribution in [1.29, 1.82) is 0 Å². The van der Waals surface area contributed by atoms with Gasteiger partial charge in [0.15, 0.2) is 0 Å². The predicted molar refractivity (Wildman–Crippen MR) is 132 cm³/mol. The number of fused-ring (bicyclic) bond motifs is 1. The summed E-state index contributed by atoms with van der Waals surface area (Å²) in [4.78, 5) is 38.5. The maximum absolute atomic E-state index is 13.2. The Hall–Kier alpha value is -4.08. The molecular weight excluding hydrogens is 458 g/mol. The number of carbonyl (C=O) groups excluding carboxylic acids is 2. The van der Waals surface area contributed by atoms with Gasteiger partial charge in [0.25, 0.3) is 0 Å². The first-order valence-corrected chi connectivity index (χ1v) is 12.3. The monoisotopic (exact) mass is 485 g/mol. The van der Waals surface area contributed by atoms with Crippen LogP contribution in [0.1, 0.15) is 36.8 Å². The van der Waals surface area contributed by atoms with E-state index in [0.29, 0.717) is 31.3 Å². The second-order valence-electron chi connectivity index (χ2n) is 9.60. The Kier molecular flexibility index (Phi) is 5.50. The Balaban J connectivity index is 1.09. The number of hydrogen-bond acceptors (Lipinski definition) is 7. The number of piperidine rings is 1. The van der Waals surface area contributed by atoms with Gasteiger partial charge in [-0.25, -0.2) is 0 Å². The highest BCUT2D eigenvalue weighted by atomic mass is 16.5. The van der Waals surface area contributed by atoms with Gasteiger partial charge in [0, 0.05) is 56.5 Å². The summed E-state index contributed by atoms with van der Waals surface area (Å²) in [5.74, 6) is 0.935. The van der Waals surface area contributed by atoms with Crippen LogP contribution < -0.4 is 4.90 Å². The van der Waals surface area contributed by atoms with Gasteiger partial charge in [0.1, 0.15) is 5.52 Å². The largest absolute Gasteiger partial charge is 0.342 e. The SMILES string of the molecule is Cc1nn(C)c2cc(-c3noc(C4CCN(C(=O)C5CC(=O)N(c6ccccc6)C5)CC4)n3)cnc12. The molecule has 5 heterocycles. The van der Waals surface area contributed by atoms with Gasteiger partial charge in [-0.1, -0.05) is 23.4 Å². The van der Waals surface area contributed by atoms with Crippen LogP contribution in [0.2, 0.25) is 0 Å². The highest BCUT2D eigenvalue weighted by Gasteiger charge is 2.38. The second-order valence-corrected chi connectivity index (χ2v) is 9.60. The van der Waals surface area contributed by atoms with Crippen molar-refractivity contribution in [1.82, 2.24) is 29.8 Å². The smallest absolute Gasteiger partial charge is 0.230 e. The highest BCUT2D eigenvalue weighted by Crippen LogP contribution is 2.32. The van der Waals surface area contributed by atoms with E-state index < -0.39 is 0 Å². The summed E-state index contributed by atoms with van der Waals surface area (Å²) in [6.07, 6.45) is 3.49. The van der Waals surface area contributed by atoms with Crippen LogP contribution in [0.4, 0.5) is 5.69 Å². The third-order valence-electron chi connectivity index (χ3n) is 7.26. The first-order chi connectivity index (χ1) is 17.5. The van der Waals surface area contributed by atoms with E-state index in [1.165, 1.54) is 0 Å². The first-order valence-electron chi connectivity index (χ1n) is 12.3. The van der Waals surface area contributed by atoms with Crippen LogP contribution in [0.3, 0.4) is 0 Å². The minimum absolute atomic E-state index is 0.00165. The Morgan fingerprint density at radius 3 is 2.69 bits per heavy atom. The molecule has 0 spiro atoms. The number of rotatable bonds is 4. The Morgan fingerprint density at radius 1 is 1.14 bits per heavy atom. The molecule has 1 unspecified atom stereocenters. The number of carbonyl (C=O) groups is 2.